The average molecular weight is 485 g/mol. The average Bonchev–Trinajstić information content (AvgIpc) is 2.84. The molecule has 3 aromatic carbocycles. The molecule has 1 unspecified atom stereocenters. The predicted molar refractivity (Wildman–Crippen MR) is 132 cm³/mol. The van der Waals surface area contributed by atoms with Gasteiger partial charge in [0, 0.05) is 11.4 Å². The Labute approximate surface area is 200 Å². The number of amides is 1. The quantitative estimate of drug-likeness (QED) is 0.429. The third kappa shape index (κ3) is 6.60. The first-order valence-electron chi connectivity index (χ1n) is 10.4. The number of rotatable bonds is 10. The highest BCUT2D eigenvalue weighted by Gasteiger charge is 2.27. The second-order valence-corrected chi connectivity index (χ2v) is 10.3. The molecule has 1 N–H and O–H groups in total. The van der Waals surface area contributed by atoms with E-state index >= 15 is 0 Å². The van der Waals surface area contributed by atoms with E-state index in [2.05, 4.69) is 5.32 Å². The largest absolute Gasteiger partial charge is 0.497 e. The van der Waals surface area contributed by atoms with Gasteiger partial charge in [0.25, 0.3) is 0 Å². The Morgan fingerprint density at radius 3 is 2.21 bits per heavy atom. The van der Waals surface area contributed by atoms with E-state index in [4.69, 9.17) is 4.74 Å². The number of hydrogen-bond acceptors (Lipinski definition) is 5. The van der Waals surface area contributed by atoms with E-state index in [1.54, 1.807) is 23.9 Å². The van der Waals surface area contributed by atoms with Gasteiger partial charge in [0.1, 0.15) is 5.75 Å². The molecule has 1 amide bonds. The van der Waals surface area contributed by atoms with Crippen molar-refractivity contribution < 1.29 is 17.9 Å². The van der Waals surface area contributed by atoms with E-state index in [9.17, 15) is 13.2 Å². The highest BCUT2D eigenvalue weighted by Crippen LogP contribution is 2.22. The van der Waals surface area contributed by atoms with Crippen molar-refractivity contribution in [2.45, 2.75) is 29.3 Å². The molecule has 174 valence electrons. The molecule has 0 aliphatic carbocycles. The fraction of sp³-hybridized carbons (Fsp3) is 0.240. The molecule has 0 aliphatic heterocycles. The van der Waals surface area contributed by atoms with Crippen LogP contribution in [0.2, 0.25) is 0 Å². The molecule has 0 bridgehead atoms. The van der Waals surface area contributed by atoms with E-state index in [1.165, 1.54) is 23.5 Å². The molecule has 3 aromatic rings. The zero-order chi connectivity index (χ0) is 23.8. The van der Waals surface area contributed by atoms with Crippen LogP contribution >= 0.6 is 11.8 Å². The highest BCUT2D eigenvalue weighted by molar-refractivity contribution is 7.98. The van der Waals surface area contributed by atoms with Crippen LogP contribution in [0.4, 0.5) is 0 Å². The molecular weight excluding hydrogens is 456 g/mol. The number of carbonyl (C=O) groups excluding carboxylic acids is 1. The van der Waals surface area contributed by atoms with Gasteiger partial charge in [0.05, 0.1) is 24.6 Å². The van der Waals surface area contributed by atoms with E-state index in [1.807, 2.05) is 67.8 Å². The number of ether oxygens (including phenoxy) is 1. The normalized spacial score (nSPS) is 12.4. The van der Waals surface area contributed by atoms with Gasteiger partial charge in [-0.2, -0.15) is 4.31 Å². The number of hydrogen-bond donors (Lipinski definition) is 1. The van der Waals surface area contributed by atoms with Crippen molar-refractivity contribution in [3.05, 3.63) is 90.0 Å². The summed E-state index contributed by atoms with van der Waals surface area (Å²) in [7, 11) is -2.40. The van der Waals surface area contributed by atoms with Gasteiger partial charge in [-0.25, -0.2) is 8.42 Å². The van der Waals surface area contributed by atoms with Crippen molar-refractivity contribution in [3.63, 3.8) is 0 Å². The third-order valence-electron chi connectivity index (χ3n) is 5.21. The van der Waals surface area contributed by atoms with Crippen LogP contribution < -0.4 is 10.1 Å². The molecular formula is C25H28N2O4S2. The molecule has 0 radical (unpaired) electrons. The molecule has 0 heterocycles. The standard InChI is InChI=1S/C25H28N2O4S2/c1-19(21-9-13-23(32-3)14-10-21)26-25(28)18-27(17-20-7-5-4-6-8-20)33(29,30)24-15-11-22(31-2)12-16-24/h4-16,19H,17-18H2,1-3H3,(H,26,28). The lowest BCUT2D eigenvalue weighted by Crippen LogP contribution is -2.41. The molecule has 0 saturated heterocycles. The molecule has 6 nitrogen and oxygen atoms in total. The van der Waals surface area contributed by atoms with Crippen molar-refractivity contribution in [2.75, 3.05) is 19.9 Å². The van der Waals surface area contributed by atoms with Gasteiger partial charge in [0.15, 0.2) is 0 Å². The minimum Gasteiger partial charge on any atom is -0.497 e. The fourth-order valence-electron chi connectivity index (χ4n) is 3.33. The lowest BCUT2D eigenvalue weighted by atomic mass is 10.1. The fourth-order valence-corrected chi connectivity index (χ4v) is 5.13. The molecule has 0 saturated carbocycles. The first kappa shape index (κ1) is 24.8. The Balaban J connectivity index is 1.80. The van der Waals surface area contributed by atoms with E-state index in [0.717, 1.165) is 16.0 Å². The molecule has 3 rings (SSSR count). The number of benzene rings is 3. The van der Waals surface area contributed by atoms with Crippen LogP contribution in [-0.4, -0.2) is 38.5 Å². The summed E-state index contributed by atoms with van der Waals surface area (Å²) >= 11 is 1.65. The molecule has 1 atom stereocenters. The van der Waals surface area contributed by atoms with Crippen molar-refractivity contribution in [1.82, 2.24) is 9.62 Å². The third-order valence-corrected chi connectivity index (χ3v) is 7.76. The Morgan fingerprint density at radius 1 is 1.00 bits per heavy atom. The van der Waals surface area contributed by atoms with Gasteiger partial charge in [-0.05, 0) is 60.7 Å². The number of sulfonamides is 1. The molecule has 0 aromatic heterocycles. The van der Waals surface area contributed by atoms with Crippen molar-refractivity contribution in [2.24, 2.45) is 0 Å². The summed E-state index contributed by atoms with van der Waals surface area (Å²) in [6, 6.07) is 23.0. The van der Waals surface area contributed by atoms with E-state index < -0.39 is 10.0 Å². The Morgan fingerprint density at radius 2 is 1.64 bits per heavy atom. The summed E-state index contributed by atoms with van der Waals surface area (Å²) in [5.41, 5.74) is 1.75. The maximum Gasteiger partial charge on any atom is 0.243 e. The minimum absolute atomic E-state index is 0.0828. The maximum absolute atomic E-state index is 13.4. The van der Waals surface area contributed by atoms with Crippen LogP contribution in [0.15, 0.2) is 88.7 Å². The Hall–Kier alpha value is -2.81. The zero-order valence-electron chi connectivity index (χ0n) is 18.9. The summed E-state index contributed by atoms with van der Waals surface area (Å²) in [4.78, 5) is 14.1. The smallest absolute Gasteiger partial charge is 0.243 e. The van der Waals surface area contributed by atoms with Crippen LogP contribution in [0.25, 0.3) is 0 Å². The van der Waals surface area contributed by atoms with Crippen LogP contribution in [0.3, 0.4) is 0 Å². The predicted octanol–water partition coefficient (Wildman–Crippen LogP) is 4.49. The maximum atomic E-state index is 13.4. The van der Waals surface area contributed by atoms with Crippen LogP contribution in [0, 0.1) is 0 Å². The lowest BCUT2D eigenvalue weighted by molar-refractivity contribution is -0.122. The monoisotopic (exact) mass is 484 g/mol. The summed E-state index contributed by atoms with van der Waals surface area (Å²) in [6.45, 7) is 1.67. The van der Waals surface area contributed by atoms with Gasteiger partial charge in [-0.1, -0.05) is 42.5 Å². The van der Waals surface area contributed by atoms with Crippen LogP contribution in [0.1, 0.15) is 24.1 Å². The molecule has 0 fully saturated rings. The van der Waals surface area contributed by atoms with Crippen molar-refractivity contribution in [1.29, 1.82) is 0 Å². The van der Waals surface area contributed by atoms with Gasteiger partial charge in [-0.3, -0.25) is 4.79 Å². The van der Waals surface area contributed by atoms with Gasteiger partial charge < -0.3 is 10.1 Å². The van der Waals surface area contributed by atoms with Gasteiger partial charge >= 0.3 is 0 Å². The molecule has 0 spiro atoms. The number of carbonyl (C=O) groups is 1. The zero-order valence-corrected chi connectivity index (χ0v) is 20.5. The number of thioether (sulfide) groups is 1. The molecule has 33 heavy (non-hydrogen) atoms. The Bertz CT molecular complexity index is 1150. The van der Waals surface area contributed by atoms with Crippen LogP contribution in [-0.2, 0) is 21.4 Å². The molecule has 8 heteroatoms. The summed E-state index contributed by atoms with van der Waals surface area (Å²) in [5, 5.41) is 2.92. The second-order valence-electron chi connectivity index (χ2n) is 7.50. The minimum atomic E-state index is -3.91. The number of nitrogens with one attached hydrogen (secondary N) is 1. The summed E-state index contributed by atoms with van der Waals surface area (Å²) in [5.74, 6) is 0.187. The first-order chi connectivity index (χ1) is 15.8. The number of nitrogens with zero attached hydrogens (tertiary/aromatic N) is 1. The Kier molecular flexibility index (Phi) is 8.55. The topological polar surface area (TPSA) is 75.7 Å². The molecule has 0 aliphatic rings. The SMILES string of the molecule is COc1ccc(S(=O)(=O)N(CC(=O)NC(C)c2ccc(SC)cc2)Cc2ccccc2)cc1. The first-order valence-corrected chi connectivity index (χ1v) is 13.1. The highest BCUT2D eigenvalue weighted by atomic mass is 32.2. The van der Waals surface area contributed by atoms with Gasteiger partial charge in [0.2, 0.25) is 15.9 Å². The van der Waals surface area contributed by atoms with Crippen molar-refractivity contribution >= 4 is 27.7 Å². The summed E-state index contributed by atoms with van der Waals surface area (Å²) in [6.07, 6.45) is 2.00. The van der Waals surface area contributed by atoms with E-state index in [-0.39, 0.29) is 29.9 Å². The lowest BCUT2D eigenvalue weighted by Gasteiger charge is -2.23. The van der Waals surface area contributed by atoms with Gasteiger partial charge in [-0.15, -0.1) is 11.8 Å². The number of methoxy groups -OCH3 is 1. The summed E-state index contributed by atoms with van der Waals surface area (Å²) < 4.78 is 33.1. The van der Waals surface area contributed by atoms with E-state index in [0.29, 0.717) is 5.75 Å². The van der Waals surface area contributed by atoms with Crippen LogP contribution in [0.5, 0.6) is 5.75 Å². The van der Waals surface area contributed by atoms with Crippen molar-refractivity contribution in [3.8, 4) is 5.75 Å². The second kappa shape index (κ2) is 11.4.